The van der Waals surface area contributed by atoms with E-state index < -0.39 is 11.0 Å². The normalized spacial score (nSPS) is 27.8. The van der Waals surface area contributed by atoms with E-state index >= 15 is 0 Å². The van der Waals surface area contributed by atoms with Gasteiger partial charge in [0.2, 0.25) is 5.91 Å². The number of rotatable bonds is 4. The number of carbonyl (C=O) groups is 1. The number of halogens is 1. The molecule has 1 aromatic heterocycles. The topological polar surface area (TPSA) is 77.2 Å². The highest BCUT2D eigenvalue weighted by molar-refractivity contribution is 9.10. The van der Waals surface area contributed by atoms with E-state index in [-0.39, 0.29) is 12.0 Å². The first-order chi connectivity index (χ1) is 9.31. The summed E-state index contributed by atoms with van der Waals surface area (Å²) in [5.74, 6) is -0.192. The van der Waals surface area contributed by atoms with Crippen LogP contribution in [0.4, 0.5) is 5.69 Å². The van der Waals surface area contributed by atoms with Crippen LogP contribution in [0.15, 0.2) is 22.9 Å². The Labute approximate surface area is 127 Å². The van der Waals surface area contributed by atoms with Crippen molar-refractivity contribution in [3.63, 3.8) is 0 Å². The monoisotopic (exact) mass is 341 g/mol. The predicted molar refractivity (Wildman–Crippen MR) is 81.3 cm³/mol. The van der Waals surface area contributed by atoms with Crippen LogP contribution >= 0.6 is 15.9 Å². The Hall–Kier alpha value is -0.980. The number of anilines is 1. The maximum Gasteiger partial charge on any atom is 0.245 e. The minimum Gasteiger partial charge on any atom is -0.378 e. The van der Waals surface area contributed by atoms with Crippen LogP contribution in [0.2, 0.25) is 0 Å². The van der Waals surface area contributed by atoms with Crippen molar-refractivity contribution in [2.45, 2.75) is 38.8 Å². The highest BCUT2D eigenvalue weighted by Crippen LogP contribution is 2.50. The van der Waals surface area contributed by atoms with Gasteiger partial charge in [-0.1, -0.05) is 13.8 Å². The average Bonchev–Trinajstić information content (AvgIpc) is 2.40. The van der Waals surface area contributed by atoms with Crippen molar-refractivity contribution in [1.29, 1.82) is 0 Å². The summed E-state index contributed by atoms with van der Waals surface area (Å²) >= 11 is 3.25. The number of aromatic nitrogens is 1. The Kier molecular flexibility index (Phi) is 4.18. The van der Waals surface area contributed by atoms with Gasteiger partial charge < -0.3 is 15.8 Å². The van der Waals surface area contributed by atoms with E-state index in [1.54, 1.807) is 18.3 Å². The fourth-order valence-electron chi connectivity index (χ4n) is 2.51. The quantitative estimate of drug-likeness (QED) is 0.824. The van der Waals surface area contributed by atoms with Crippen LogP contribution in [0.5, 0.6) is 0 Å². The number of carbonyl (C=O) groups excluding carboxylic acids is 1. The number of nitrogens with one attached hydrogen (secondary N) is 1. The lowest BCUT2D eigenvalue weighted by atomic mass is 9.54. The van der Waals surface area contributed by atoms with E-state index in [1.165, 1.54) is 0 Å². The first-order valence-electron chi connectivity index (χ1n) is 6.64. The Morgan fingerprint density at radius 3 is 2.80 bits per heavy atom. The van der Waals surface area contributed by atoms with Crippen molar-refractivity contribution in [2.24, 2.45) is 11.1 Å². The molecule has 2 rings (SSSR count). The highest BCUT2D eigenvalue weighted by atomic mass is 79.9. The Bertz CT molecular complexity index is 504. The first kappa shape index (κ1) is 15.4. The number of nitrogens with zero attached hydrogens (tertiary/aromatic N) is 1. The molecule has 0 aromatic carbocycles. The summed E-state index contributed by atoms with van der Waals surface area (Å²) in [4.78, 5) is 16.5. The van der Waals surface area contributed by atoms with Crippen molar-refractivity contribution < 1.29 is 9.53 Å². The van der Waals surface area contributed by atoms with E-state index in [9.17, 15) is 4.79 Å². The molecule has 2 atom stereocenters. The van der Waals surface area contributed by atoms with Crippen molar-refractivity contribution in [2.75, 3.05) is 11.9 Å². The minimum absolute atomic E-state index is 0.0197. The molecule has 0 radical (unpaired) electrons. The number of nitrogens with two attached hydrogens (primary N) is 1. The van der Waals surface area contributed by atoms with Crippen LogP contribution in [-0.4, -0.2) is 29.1 Å². The van der Waals surface area contributed by atoms with Crippen LogP contribution in [-0.2, 0) is 9.53 Å². The van der Waals surface area contributed by atoms with Gasteiger partial charge in [-0.15, -0.1) is 0 Å². The summed E-state index contributed by atoms with van der Waals surface area (Å²) < 4.78 is 6.35. The second-order valence-electron chi connectivity index (χ2n) is 5.66. The summed E-state index contributed by atoms with van der Waals surface area (Å²) in [5, 5.41) is 2.83. The molecule has 20 heavy (non-hydrogen) atoms. The van der Waals surface area contributed by atoms with Crippen LogP contribution in [0.1, 0.15) is 27.2 Å². The van der Waals surface area contributed by atoms with Crippen molar-refractivity contribution in [3.05, 3.63) is 22.9 Å². The van der Waals surface area contributed by atoms with Gasteiger partial charge >= 0.3 is 0 Å². The van der Waals surface area contributed by atoms with Crippen LogP contribution in [0.3, 0.4) is 0 Å². The maximum absolute atomic E-state index is 12.4. The number of pyridine rings is 1. The van der Waals surface area contributed by atoms with Gasteiger partial charge in [0.15, 0.2) is 0 Å². The molecule has 1 heterocycles. The molecule has 1 saturated carbocycles. The number of amides is 1. The second-order valence-corrected chi connectivity index (χ2v) is 6.48. The highest BCUT2D eigenvalue weighted by Gasteiger charge is 2.62. The van der Waals surface area contributed by atoms with Crippen LogP contribution < -0.4 is 11.1 Å². The van der Waals surface area contributed by atoms with E-state index in [2.05, 4.69) is 26.2 Å². The third kappa shape index (κ3) is 2.47. The van der Waals surface area contributed by atoms with Gasteiger partial charge in [-0.25, -0.2) is 4.98 Å². The zero-order valence-electron chi connectivity index (χ0n) is 11.9. The summed E-state index contributed by atoms with van der Waals surface area (Å²) in [5.41, 5.74) is 5.63. The SMILES string of the molecule is CCOC1CC(N)(C(=O)Nc2ccc(Br)nc2)C1(C)C. The molecule has 0 bridgehead atoms. The third-order valence-corrected chi connectivity index (χ3v) is 4.69. The lowest BCUT2D eigenvalue weighted by molar-refractivity contribution is -0.166. The van der Waals surface area contributed by atoms with Gasteiger partial charge in [-0.05, 0) is 35.0 Å². The summed E-state index contributed by atoms with van der Waals surface area (Å²) in [6.45, 7) is 6.51. The van der Waals surface area contributed by atoms with Gasteiger partial charge in [0.05, 0.1) is 18.0 Å². The number of ether oxygens (including phenoxy) is 1. The zero-order valence-corrected chi connectivity index (χ0v) is 13.5. The Balaban J connectivity index is 2.08. The van der Waals surface area contributed by atoms with E-state index in [0.29, 0.717) is 18.7 Å². The second kappa shape index (κ2) is 5.42. The lowest BCUT2D eigenvalue weighted by Gasteiger charge is -2.57. The van der Waals surface area contributed by atoms with Gasteiger partial charge in [-0.3, -0.25) is 4.79 Å². The molecule has 1 aliphatic rings. The van der Waals surface area contributed by atoms with Gasteiger partial charge in [0.1, 0.15) is 10.1 Å². The Morgan fingerprint density at radius 2 is 2.30 bits per heavy atom. The molecule has 1 aromatic rings. The summed E-state index contributed by atoms with van der Waals surface area (Å²) in [6, 6.07) is 3.55. The smallest absolute Gasteiger partial charge is 0.245 e. The molecule has 0 saturated heterocycles. The van der Waals surface area contributed by atoms with Crippen molar-refractivity contribution in [1.82, 2.24) is 4.98 Å². The zero-order chi connectivity index (χ0) is 15.0. The molecule has 0 spiro atoms. The molecule has 6 heteroatoms. The van der Waals surface area contributed by atoms with Crippen molar-refractivity contribution >= 4 is 27.5 Å². The molecule has 1 aliphatic carbocycles. The molecule has 110 valence electrons. The molecule has 3 N–H and O–H groups in total. The predicted octanol–water partition coefficient (Wildman–Crippen LogP) is 2.32. The molecule has 1 fully saturated rings. The minimum atomic E-state index is -0.917. The summed E-state index contributed by atoms with van der Waals surface area (Å²) in [7, 11) is 0. The molecule has 0 aliphatic heterocycles. The Morgan fingerprint density at radius 1 is 1.60 bits per heavy atom. The third-order valence-electron chi connectivity index (χ3n) is 4.22. The number of hydrogen-bond donors (Lipinski definition) is 2. The standard InChI is InChI=1S/C14H20BrN3O2/c1-4-20-10-7-14(16,13(10,2)3)12(19)18-9-5-6-11(15)17-8-9/h5-6,8,10H,4,7,16H2,1-3H3,(H,18,19). The van der Waals surface area contributed by atoms with Gasteiger partial charge in [-0.2, -0.15) is 0 Å². The van der Waals surface area contributed by atoms with E-state index in [0.717, 1.165) is 4.60 Å². The van der Waals surface area contributed by atoms with Gasteiger partial charge in [0.25, 0.3) is 0 Å². The maximum atomic E-state index is 12.4. The molecular formula is C14H20BrN3O2. The van der Waals surface area contributed by atoms with Crippen molar-refractivity contribution in [3.8, 4) is 0 Å². The molecule has 5 nitrogen and oxygen atoms in total. The van der Waals surface area contributed by atoms with E-state index in [4.69, 9.17) is 10.5 Å². The molecule has 1 amide bonds. The van der Waals surface area contributed by atoms with Gasteiger partial charge in [0, 0.05) is 18.4 Å². The van der Waals surface area contributed by atoms with Crippen LogP contribution in [0, 0.1) is 5.41 Å². The average molecular weight is 342 g/mol. The number of hydrogen-bond acceptors (Lipinski definition) is 4. The van der Waals surface area contributed by atoms with Crippen LogP contribution in [0.25, 0.3) is 0 Å². The largest absolute Gasteiger partial charge is 0.378 e. The lowest BCUT2D eigenvalue weighted by Crippen LogP contribution is -2.74. The molecule has 2 unspecified atom stereocenters. The van der Waals surface area contributed by atoms with E-state index in [1.807, 2.05) is 20.8 Å². The molecular weight excluding hydrogens is 322 g/mol. The fraction of sp³-hybridized carbons (Fsp3) is 0.571. The fourth-order valence-corrected chi connectivity index (χ4v) is 2.75. The summed E-state index contributed by atoms with van der Waals surface area (Å²) in [6.07, 6.45) is 2.15. The first-order valence-corrected chi connectivity index (χ1v) is 7.44.